The number of aryl methyl sites for hydroxylation is 1. The van der Waals surface area contributed by atoms with Crippen LogP contribution < -0.4 is 0 Å². The van der Waals surface area contributed by atoms with Crippen LogP contribution in [0.25, 0.3) is 0 Å². The first kappa shape index (κ1) is 11.2. The second kappa shape index (κ2) is 5.19. The van der Waals surface area contributed by atoms with Crippen molar-refractivity contribution in [3.05, 3.63) is 23.8 Å². The highest BCUT2D eigenvalue weighted by atomic mass is 16.1. The first-order valence-corrected chi connectivity index (χ1v) is 6.07. The molecule has 0 aliphatic heterocycles. The summed E-state index contributed by atoms with van der Waals surface area (Å²) in [5.74, 6) is 1.05. The van der Waals surface area contributed by atoms with Gasteiger partial charge in [-0.2, -0.15) is 0 Å². The van der Waals surface area contributed by atoms with E-state index in [0.717, 1.165) is 5.56 Å². The van der Waals surface area contributed by atoms with Crippen LogP contribution in [0.5, 0.6) is 0 Å². The fourth-order valence-corrected chi connectivity index (χ4v) is 2.28. The van der Waals surface area contributed by atoms with E-state index in [2.05, 4.69) is 9.97 Å². The van der Waals surface area contributed by atoms with E-state index in [9.17, 15) is 4.79 Å². The maximum Gasteiger partial charge on any atom is 0.200 e. The highest BCUT2D eigenvalue weighted by Gasteiger charge is 2.19. The quantitative estimate of drug-likeness (QED) is 0.732. The Morgan fingerprint density at radius 1 is 1.25 bits per heavy atom. The maximum absolute atomic E-state index is 11.9. The molecule has 3 nitrogen and oxygen atoms in total. The number of carbonyl (C=O) groups is 1. The summed E-state index contributed by atoms with van der Waals surface area (Å²) in [7, 11) is 0. The summed E-state index contributed by atoms with van der Waals surface area (Å²) in [6.07, 6.45) is 10.3. The lowest BCUT2D eigenvalue weighted by molar-refractivity contribution is 0.0940. The molecular formula is C13H18N2O. The van der Waals surface area contributed by atoms with Gasteiger partial charge in [-0.3, -0.25) is 4.79 Å². The second-order valence-electron chi connectivity index (χ2n) is 4.72. The van der Waals surface area contributed by atoms with E-state index in [1.807, 2.05) is 6.92 Å². The Morgan fingerprint density at radius 2 is 1.88 bits per heavy atom. The van der Waals surface area contributed by atoms with Crippen molar-refractivity contribution in [2.45, 2.75) is 45.4 Å². The summed E-state index contributed by atoms with van der Waals surface area (Å²) >= 11 is 0. The molecule has 0 N–H and O–H groups in total. The zero-order valence-corrected chi connectivity index (χ0v) is 9.78. The molecule has 0 unspecified atom stereocenters. The molecule has 0 bridgehead atoms. The van der Waals surface area contributed by atoms with Crippen LogP contribution in [-0.2, 0) is 0 Å². The van der Waals surface area contributed by atoms with Gasteiger partial charge in [0.15, 0.2) is 11.6 Å². The van der Waals surface area contributed by atoms with E-state index in [4.69, 9.17) is 0 Å². The van der Waals surface area contributed by atoms with Crippen LogP contribution in [0.2, 0.25) is 0 Å². The summed E-state index contributed by atoms with van der Waals surface area (Å²) in [6.45, 7) is 1.93. The predicted octanol–water partition coefficient (Wildman–Crippen LogP) is 2.94. The summed E-state index contributed by atoms with van der Waals surface area (Å²) in [5, 5.41) is 0. The van der Waals surface area contributed by atoms with Crippen molar-refractivity contribution in [1.82, 2.24) is 9.97 Å². The van der Waals surface area contributed by atoms with Gasteiger partial charge in [0, 0.05) is 18.8 Å². The van der Waals surface area contributed by atoms with Crippen LogP contribution in [0, 0.1) is 12.8 Å². The number of rotatable bonds is 3. The summed E-state index contributed by atoms with van der Waals surface area (Å²) in [4.78, 5) is 20.1. The van der Waals surface area contributed by atoms with E-state index < -0.39 is 0 Å². The number of nitrogens with zero attached hydrogens (tertiary/aromatic N) is 2. The Bertz CT molecular complexity index is 353. The zero-order valence-electron chi connectivity index (χ0n) is 9.78. The van der Waals surface area contributed by atoms with Crippen LogP contribution in [0.3, 0.4) is 0 Å². The molecule has 1 saturated carbocycles. The second-order valence-corrected chi connectivity index (χ2v) is 4.72. The molecule has 1 heterocycles. The van der Waals surface area contributed by atoms with Crippen LogP contribution in [-0.4, -0.2) is 15.8 Å². The van der Waals surface area contributed by atoms with Gasteiger partial charge in [0.2, 0.25) is 0 Å². The van der Waals surface area contributed by atoms with Crippen molar-refractivity contribution in [3.63, 3.8) is 0 Å². The smallest absolute Gasteiger partial charge is 0.200 e. The van der Waals surface area contributed by atoms with Crippen molar-refractivity contribution in [1.29, 1.82) is 0 Å². The lowest BCUT2D eigenvalue weighted by atomic mass is 9.86. The van der Waals surface area contributed by atoms with Gasteiger partial charge in [-0.1, -0.05) is 32.1 Å². The third-order valence-corrected chi connectivity index (χ3v) is 3.23. The molecule has 1 fully saturated rings. The average Bonchev–Trinajstić information content (AvgIpc) is 2.31. The third-order valence-electron chi connectivity index (χ3n) is 3.23. The minimum Gasteiger partial charge on any atom is -0.291 e. The van der Waals surface area contributed by atoms with Crippen LogP contribution in [0.1, 0.15) is 54.7 Å². The Kier molecular flexibility index (Phi) is 3.65. The topological polar surface area (TPSA) is 42.9 Å². The van der Waals surface area contributed by atoms with E-state index in [-0.39, 0.29) is 5.78 Å². The monoisotopic (exact) mass is 218 g/mol. The fraction of sp³-hybridized carbons (Fsp3) is 0.615. The maximum atomic E-state index is 11.9. The fourth-order valence-electron chi connectivity index (χ4n) is 2.28. The molecule has 1 aliphatic rings. The summed E-state index contributed by atoms with van der Waals surface area (Å²) in [5.41, 5.74) is 0.995. The molecule has 86 valence electrons. The first-order chi connectivity index (χ1) is 7.75. The minimum atomic E-state index is 0.104. The van der Waals surface area contributed by atoms with Gasteiger partial charge in [-0.15, -0.1) is 0 Å². The lowest BCUT2D eigenvalue weighted by Gasteiger charge is -2.20. The number of ketones is 1. The normalized spacial score (nSPS) is 17.3. The largest absolute Gasteiger partial charge is 0.291 e. The molecule has 0 atom stereocenters. The van der Waals surface area contributed by atoms with E-state index >= 15 is 0 Å². The molecule has 0 amide bonds. The molecule has 2 rings (SSSR count). The van der Waals surface area contributed by atoms with Gasteiger partial charge < -0.3 is 0 Å². The number of hydrogen-bond donors (Lipinski definition) is 0. The standard InChI is InChI=1S/C13H18N2O/c1-10-8-14-13(15-9-10)12(16)7-11-5-3-2-4-6-11/h8-9,11H,2-7H2,1H3. The van der Waals surface area contributed by atoms with Gasteiger partial charge in [0.1, 0.15) is 0 Å². The van der Waals surface area contributed by atoms with Crippen molar-refractivity contribution in [2.75, 3.05) is 0 Å². The molecule has 0 spiro atoms. The number of Topliss-reactive ketones (excluding diaryl/α,β-unsaturated/α-hetero) is 1. The van der Waals surface area contributed by atoms with Gasteiger partial charge >= 0.3 is 0 Å². The highest BCUT2D eigenvalue weighted by Crippen LogP contribution is 2.26. The first-order valence-electron chi connectivity index (χ1n) is 6.07. The van der Waals surface area contributed by atoms with E-state index in [1.54, 1.807) is 12.4 Å². The SMILES string of the molecule is Cc1cnc(C(=O)CC2CCCCC2)nc1. The highest BCUT2D eigenvalue weighted by molar-refractivity contribution is 5.92. The van der Waals surface area contributed by atoms with Crippen molar-refractivity contribution >= 4 is 5.78 Å². The molecule has 1 aromatic rings. The number of carbonyl (C=O) groups excluding carboxylic acids is 1. The molecule has 1 aromatic heterocycles. The van der Waals surface area contributed by atoms with Crippen LogP contribution in [0.15, 0.2) is 12.4 Å². The predicted molar refractivity (Wildman–Crippen MR) is 62.3 cm³/mol. The lowest BCUT2D eigenvalue weighted by Crippen LogP contribution is -2.14. The zero-order chi connectivity index (χ0) is 11.4. The Balaban J connectivity index is 1.94. The van der Waals surface area contributed by atoms with E-state index in [1.165, 1.54) is 32.1 Å². The molecule has 0 saturated heterocycles. The molecule has 16 heavy (non-hydrogen) atoms. The number of aromatic nitrogens is 2. The molecule has 0 aromatic carbocycles. The minimum absolute atomic E-state index is 0.104. The van der Waals surface area contributed by atoms with Crippen LogP contribution in [0.4, 0.5) is 0 Å². The van der Waals surface area contributed by atoms with Crippen LogP contribution >= 0.6 is 0 Å². The van der Waals surface area contributed by atoms with Crippen molar-refractivity contribution < 1.29 is 4.79 Å². The van der Waals surface area contributed by atoms with Crippen molar-refractivity contribution in [3.8, 4) is 0 Å². The van der Waals surface area contributed by atoms with E-state index in [0.29, 0.717) is 18.2 Å². The number of hydrogen-bond acceptors (Lipinski definition) is 3. The Hall–Kier alpha value is -1.25. The summed E-state index contributed by atoms with van der Waals surface area (Å²) in [6, 6.07) is 0. The molecule has 1 aliphatic carbocycles. The average molecular weight is 218 g/mol. The molecular weight excluding hydrogens is 200 g/mol. The van der Waals surface area contributed by atoms with Gasteiger partial charge in [0.05, 0.1) is 0 Å². The molecule has 3 heteroatoms. The summed E-state index contributed by atoms with van der Waals surface area (Å²) < 4.78 is 0. The van der Waals surface area contributed by atoms with Gasteiger partial charge in [0.25, 0.3) is 0 Å². The molecule has 0 radical (unpaired) electrons. The Labute approximate surface area is 96.3 Å². The third kappa shape index (κ3) is 2.87. The van der Waals surface area contributed by atoms with Gasteiger partial charge in [-0.25, -0.2) is 9.97 Å². The Morgan fingerprint density at radius 3 is 2.50 bits per heavy atom. The van der Waals surface area contributed by atoms with Gasteiger partial charge in [-0.05, 0) is 18.4 Å². The van der Waals surface area contributed by atoms with Crippen molar-refractivity contribution in [2.24, 2.45) is 5.92 Å².